The largest absolute Gasteiger partial charge is 0.491 e. The Labute approximate surface area is 119 Å². The molecule has 0 aromatic heterocycles. The van der Waals surface area contributed by atoms with Gasteiger partial charge in [-0.2, -0.15) is 13.2 Å². The van der Waals surface area contributed by atoms with Crippen LogP contribution in [-0.2, 0) is 18.9 Å². The van der Waals surface area contributed by atoms with Crippen molar-refractivity contribution in [3.8, 4) is 0 Å². The second-order valence-corrected chi connectivity index (χ2v) is 7.69. The van der Waals surface area contributed by atoms with E-state index in [-0.39, 0.29) is 32.0 Å². The van der Waals surface area contributed by atoms with Crippen molar-refractivity contribution in [2.45, 2.75) is 43.4 Å². The van der Waals surface area contributed by atoms with Gasteiger partial charge in [0.05, 0.1) is 0 Å². The number of halogens is 3. The number of hydrogen-bond acceptors (Lipinski definition) is 5. The number of alkyl halides is 3. The van der Waals surface area contributed by atoms with Crippen molar-refractivity contribution in [1.29, 1.82) is 0 Å². The molecule has 0 bridgehead atoms. The van der Waals surface area contributed by atoms with Gasteiger partial charge in [-0.25, -0.2) is 4.79 Å². The Bertz CT molecular complexity index is 467. The van der Waals surface area contributed by atoms with Gasteiger partial charge in [0, 0.05) is 6.16 Å². The van der Waals surface area contributed by atoms with Crippen LogP contribution >= 0.6 is 7.37 Å². The highest BCUT2D eigenvalue weighted by molar-refractivity contribution is 7.60. The minimum atomic E-state index is -5.33. The Balaban J connectivity index is 3.04. The molecular formula is C11H17F3NO5P. The summed E-state index contributed by atoms with van der Waals surface area (Å²) in [7, 11) is -4.07. The van der Waals surface area contributed by atoms with Crippen LogP contribution in [0.2, 0.25) is 0 Å². The Morgan fingerprint density at radius 1 is 1.33 bits per heavy atom. The van der Waals surface area contributed by atoms with Crippen molar-refractivity contribution in [3.05, 3.63) is 0 Å². The maximum absolute atomic E-state index is 12.3. The normalized spacial score (nSPS) is 30.0. The molecule has 1 aliphatic rings. The third-order valence-corrected chi connectivity index (χ3v) is 6.45. The van der Waals surface area contributed by atoms with E-state index in [1.54, 1.807) is 0 Å². The number of rotatable bonds is 4. The van der Waals surface area contributed by atoms with E-state index in [0.717, 1.165) is 0 Å². The van der Waals surface area contributed by atoms with Crippen LogP contribution in [0, 0.1) is 0 Å². The number of carbonyl (C=O) groups excluding carboxylic acids is 2. The molecule has 1 rings (SSSR count). The van der Waals surface area contributed by atoms with E-state index in [1.807, 2.05) is 0 Å². The summed E-state index contributed by atoms with van der Waals surface area (Å²) in [5.74, 6) is -4.26. The van der Waals surface area contributed by atoms with Gasteiger partial charge in [0.1, 0.15) is 5.16 Å². The summed E-state index contributed by atoms with van der Waals surface area (Å²) in [6, 6.07) is 0. The summed E-state index contributed by atoms with van der Waals surface area (Å²) < 4.78 is 52.6. The fraction of sp³-hybridized carbons (Fsp3) is 0.818. The first-order valence-corrected chi connectivity index (χ1v) is 8.27. The van der Waals surface area contributed by atoms with Crippen molar-refractivity contribution in [2.75, 3.05) is 12.7 Å². The molecule has 10 heteroatoms. The zero-order valence-corrected chi connectivity index (χ0v) is 12.1. The summed E-state index contributed by atoms with van der Waals surface area (Å²) in [6.07, 6.45) is -4.85. The van der Waals surface area contributed by atoms with E-state index in [1.165, 1.54) is 0 Å². The van der Waals surface area contributed by atoms with Crippen LogP contribution in [-0.4, -0.2) is 40.9 Å². The Kier molecular flexibility index (Phi) is 5.57. The number of nitrogens with two attached hydrogens (primary N) is 1. The summed E-state index contributed by atoms with van der Waals surface area (Å²) in [4.78, 5) is 32.8. The second kappa shape index (κ2) is 6.46. The molecule has 0 amide bonds. The number of hydrogen-bond donors (Lipinski definition) is 2. The van der Waals surface area contributed by atoms with E-state index in [4.69, 9.17) is 5.73 Å². The molecule has 6 nitrogen and oxygen atoms in total. The van der Waals surface area contributed by atoms with Crippen molar-refractivity contribution in [2.24, 2.45) is 5.73 Å². The SMILES string of the molecule is NCCCC1(C(=O)OC(=O)C(F)(F)F)CCCCP1(=O)O. The van der Waals surface area contributed by atoms with Gasteiger partial charge in [-0.05, 0) is 32.2 Å². The maximum atomic E-state index is 12.3. The lowest BCUT2D eigenvalue weighted by molar-refractivity contribution is -0.202. The van der Waals surface area contributed by atoms with E-state index < -0.39 is 30.6 Å². The third-order valence-electron chi connectivity index (χ3n) is 3.56. The van der Waals surface area contributed by atoms with Crippen LogP contribution in [0.3, 0.4) is 0 Å². The summed E-state index contributed by atoms with van der Waals surface area (Å²) in [5, 5.41) is -1.97. The molecule has 0 aromatic carbocycles. The molecule has 2 atom stereocenters. The van der Waals surface area contributed by atoms with E-state index in [9.17, 15) is 32.2 Å². The van der Waals surface area contributed by atoms with E-state index >= 15 is 0 Å². The van der Waals surface area contributed by atoms with E-state index in [0.29, 0.717) is 12.8 Å². The molecule has 0 saturated carbocycles. The smallest absolute Gasteiger partial charge is 0.386 e. The average Bonchev–Trinajstić information content (AvgIpc) is 2.36. The quantitative estimate of drug-likeness (QED) is 0.460. The lowest BCUT2D eigenvalue weighted by atomic mass is 9.95. The highest BCUT2D eigenvalue weighted by Crippen LogP contribution is 2.62. The molecule has 3 N–H and O–H groups in total. The van der Waals surface area contributed by atoms with Crippen LogP contribution in [0.1, 0.15) is 32.1 Å². The molecule has 0 radical (unpaired) electrons. The number of carbonyl (C=O) groups is 2. The van der Waals surface area contributed by atoms with Gasteiger partial charge < -0.3 is 15.4 Å². The Morgan fingerprint density at radius 2 is 1.95 bits per heavy atom. The van der Waals surface area contributed by atoms with Crippen molar-refractivity contribution in [3.63, 3.8) is 0 Å². The molecule has 21 heavy (non-hydrogen) atoms. The van der Waals surface area contributed by atoms with Gasteiger partial charge in [0.15, 0.2) is 0 Å². The topological polar surface area (TPSA) is 107 Å². The molecule has 0 aliphatic carbocycles. The van der Waals surface area contributed by atoms with Crippen LogP contribution in [0.25, 0.3) is 0 Å². The van der Waals surface area contributed by atoms with Crippen LogP contribution in [0.15, 0.2) is 0 Å². The molecule has 0 spiro atoms. The molecule has 122 valence electrons. The minimum absolute atomic E-state index is 0.0925. The molecule has 1 aliphatic heterocycles. The number of esters is 2. The zero-order valence-electron chi connectivity index (χ0n) is 11.2. The summed E-state index contributed by atoms with van der Waals surface area (Å²) in [5.41, 5.74) is 5.29. The Morgan fingerprint density at radius 3 is 2.43 bits per heavy atom. The lowest BCUT2D eigenvalue weighted by Gasteiger charge is -2.38. The highest BCUT2D eigenvalue weighted by atomic mass is 31.2. The molecule has 1 heterocycles. The van der Waals surface area contributed by atoms with Crippen molar-refractivity contribution < 1.29 is 37.0 Å². The fourth-order valence-electron chi connectivity index (χ4n) is 2.41. The lowest BCUT2D eigenvalue weighted by Crippen LogP contribution is -2.45. The van der Waals surface area contributed by atoms with E-state index in [2.05, 4.69) is 4.74 Å². The number of ether oxygens (including phenoxy) is 1. The summed E-state index contributed by atoms with van der Waals surface area (Å²) >= 11 is 0. The van der Waals surface area contributed by atoms with Gasteiger partial charge in [-0.3, -0.25) is 9.36 Å². The van der Waals surface area contributed by atoms with Crippen LogP contribution in [0.4, 0.5) is 13.2 Å². The fourth-order valence-corrected chi connectivity index (χ4v) is 4.84. The first-order valence-electron chi connectivity index (χ1n) is 6.42. The first kappa shape index (κ1) is 18.1. The van der Waals surface area contributed by atoms with Gasteiger partial charge in [0.2, 0.25) is 7.37 Å². The van der Waals surface area contributed by atoms with Crippen molar-refractivity contribution >= 4 is 19.3 Å². The molecular weight excluding hydrogens is 314 g/mol. The van der Waals surface area contributed by atoms with Crippen molar-refractivity contribution in [1.82, 2.24) is 0 Å². The molecule has 0 aromatic rings. The van der Waals surface area contributed by atoms with Gasteiger partial charge in [-0.15, -0.1) is 0 Å². The van der Waals surface area contributed by atoms with Gasteiger partial charge in [-0.1, -0.05) is 6.42 Å². The molecule has 1 saturated heterocycles. The molecule has 2 unspecified atom stereocenters. The standard InChI is InChI=1S/C11H17F3NO5P/c12-11(13,14)9(17)20-8(16)10(5-3-6-15)4-1-2-7-21(10,18)19/h1-7,15H2,(H,18,19). The Hall–Kier alpha value is -0.920. The predicted molar refractivity (Wildman–Crippen MR) is 66.7 cm³/mol. The zero-order chi connectivity index (χ0) is 16.3. The average molecular weight is 331 g/mol. The predicted octanol–water partition coefficient (Wildman–Crippen LogP) is 1.55. The van der Waals surface area contributed by atoms with Crippen LogP contribution in [0.5, 0.6) is 0 Å². The van der Waals surface area contributed by atoms with Gasteiger partial charge in [0.25, 0.3) is 0 Å². The van der Waals surface area contributed by atoms with Gasteiger partial charge >= 0.3 is 18.1 Å². The minimum Gasteiger partial charge on any atom is -0.386 e. The molecule has 1 fully saturated rings. The van der Waals surface area contributed by atoms with Crippen LogP contribution < -0.4 is 5.73 Å². The first-order chi connectivity index (χ1) is 9.57. The third kappa shape index (κ3) is 3.84. The maximum Gasteiger partial charge on any atom is 0.491 e. The summed E-state index contributed by atoms with van der Waals surface area (Å²) in [6.45, 7) is 0.0995. The monoisotopic (exact) mass is 331 g/mol. The highest BCUT2D eigenvalue weighted by Gasteiger charge is 2.57. The second-order valence-electron chi connectivity index (χ2n) is 4.98.